The third-order valence-corrected chi connectivity index (χ3v) is 1.75. The number of nitrogen functional groups attached to an aromatic ring is 2. The number of hydrogen-bond acceptors (Lipinski definition) is 4. The van der Waals surface area contributed by atoms with Crippen molar-refractivity contribution < 1.29 is 14.6 Å². The van der Waals surface area contributed by atoms with E-state index in [1.54, 1.807) is 0 Å². The average molecular weight is 210 g/mol. The van der Waals surface area contributed by atoms with E-state index in [4.69, 9.17) is 21.3 Å². The summed E-state index contributed by atoms with van der Waals surface area (Å²) in [5.41, 5.74) is 11.8. The fraction of sp³-hybridized carbons (Fsp3) is 0.300. The summed E-state index contributed by atoms with van der Waals surface area (Å²) < 4.78 is 5.37. The van der Waals surface area contributed by atoms with Crippen LogP contribution in [0.1, 0.15) is 24.2 Å². The van der Waals surface area contributed by atoms with E-state index in [-0.39, 0.29) is 23.0 Å². The number of nitrogens with two attached hydrogens (primary N) is 2. The lowest BCUT2D eigenvalue weighted by molar-refractivity contribution is 0.0697. The minimum atomic E-state index is -1.07. The molecular weight excluding hydrogens is 196 g/mol. The molecule has 1 aromatic carbocycles. The SMILES string of the molecule is CC(C)Oc1c(N)cc(C(=O)O)cc1N. The first-order valence-corrected chi connectivity index (χ1v) is 4.50. The maximum Gasteiger partial charge on any atom is 0.335 e. The second-order valence-electron chi connectivity index (χ2n) is 3.46. The highest BCUT2D eigenvalue weighted by molar-refractivity contribution is 5.91. The van der Waals surface area contributed by atoms with Crippen LogP contribution >= 0.6 is 0 Å². The van der Waals surface area contributed by atoms with Crippen molar-refractivity contribution >= 4 is 17.3 Å². The number of carboxylic acid groups (broad SMARTS) is 1. The van der Waals surface area contributed by atoms with Crippen LogP contribution in [0.2, 0.25) is 0 Å². The van der Waals surface area contributed by atoms with E-state index in [0.717, 1.165) is 0 Å². The summed E-state index contributed by atoms with van der Waals surface area (Å²) in [7, 11) is 0. The van der Waals surface area contributed by atoms with Crippen LogP contribution in [0.4, 0.5) is 11.4 Å². The molecule has 0 radical (unpaired) electrons. The van der Waals surface area contributed by atoms with Gasteiger partial charge in [0.25, 0.3) is 0 Å². The lowest BCUT2D eigenvalue weighted by Gasteiger charge is -2.14. The van der Waals surface area contributed by atoms with Crippen LogP contribution < -0.4 is 16.2 Å². The molecule has 5 nitrogen and oxygen atoms in total. The zero-order valence-corrected chi connectivity index (χ0v) is 8.65. The molecule has 0 aliphatic rings. The van der Waals surface area contributed by atoms with Gasteiger partial charge in [0.05, 0.1) is 23.0 Å². The standard InChI is InChI=1S/C10H14N2O3/c1-5(2)15-9-7(11)3-6(10(13)14)4-8(9)12/h3-5H,11-12H2,1-2H3,(H,13,14). The van der Waals surface area contributed by atoms with Gasteiger partial charge in [0.1, 0.15) is 0 Å². The van der Waals surface area contributed by atoms with Crippen molar-refractivity contribution in [2.75, 3.05) is 11.5 Å². The number of ether oxygens (including phenoxy) is 1. The first kappa shape index (κ1) is 11.2. The molecule has 82 valence electrons. The molecule has 0 aliphatic carbocycles. The quantitative estimate of drug-likeness (QED) is 0.654. The van der Waals surface area contributed by atoms with Crippen LogP contribution in [0, 0.1) is 0 Å². The van der Waals surface area contributed by atoms with Gasteiger partial charge in [-0.05, 0) is 26.0 Å². The smallest absolute Gasteiger partial charge is 0.335 e. The van der Waals surface area contributed by atoms with Gasteiger partial charge in [0.2, 0.25) is 0 Å². The van der Waals surface area contributed by atoms with Crippen LogP contribution in [-0.2, 0) is 0 Å². The van der Waals surface area contributed by atoms with Gasteiger partial charge in [-0.3, -0.25) is 0 Å². The second kappa shape index (κ2) is 4.08. The Morgan fingerprint density at radius 2 is 1.80 bits per heavy atom. The predicted octanol–water partition coefficient (Wildman–Crippen LogP) is 1.34. The molecule has 0 atom stereocenters. The van der Waals surface area contributed by atoms with E-state index in [1.807, 2.05) is 13.8 Å². The lowest BCUT2D eigenvalue weighted by atomic mass is 10.1. The minimum absolute atomic E-state index is 0.0566. The van der Waals surface area contributed by atoms with Crippen LogP contribution in [-0.4, -0.2) is 17.2 Å². The second-order valence-corrected chi connectivity index (χ2v) is 3.46. The molecule has 0 saturated carbocycles. The van der Waals surface area contributed by atoms with Crippen LogP contribution in [0.25, 0.3) is 0 Å². The molecule has 0 unspecified atom stereocenters. The van der Waals surface area contributed by atoms with E-state index in [0.29, 0.717) is 5.75 Å². The maximum absolute atomic E-state index is 10.7. The molecule has 1 rings (SSSR count). The number of benzene rings is 1. The average Bonchev–Trinajstić information content (AvgIpc) is 2.10. The molecule has 15 heavy (non-hydrogen) atoms. The van der Waals surface area contributed by atoms with Crippen LogP contribution in [0.5, 0.6) is 5.75 Å². The Labute approximate surface area is 87.6 Å². The van der Waals surface area contributed by atoms with Gasteiger partial charge < -0.3 is 21.3 Å². The zero-order valence-electron chi connectivity index (χ0n) is 8.65. The van der Waals surface area contributed by atoms with Gasteiger partial charge in [-0.15, -0.1) is 0 Å². The van der Waals surface area contributed by atoms with Crippen molar-refractivity contribution in [3.8, 4) is 5.75 Å². The summed E-state index contributed by atoms with van der Waals surface area (Å²) in [5.74, 6) is -0.723. The molecule has 0 amide bonds. The molecular formula is C10H14N2O3. The van der Waals surface area contributed by atoms with Gasteiger partial charge in [-0.25, -0.2) is 4.79 Å². The minimum Gasteiger partial charge on any atom is -0.487 e. The first-order chi connectivity index (χ1) is 6.91. The Morgan fingerprint density at radius 3 is 2.13 bits per heavy atom. The molecule has 5 N–H and O–H groups in total. The number of aromatic carboxylic acids is 1. The number of carboxylic acids is 1. The van der Waals surface area contributed by atoms with Crippen molar-refractivity contribution in [2.45, 2.75) is 20.0 Å². The highest BCUT2D eigenvalue weighted by Crippen LogP contribution is 2.31. The van der Waals surface area contributed by atoms with E-state index in [2.05, 4.69) is 0 Å². The lowest BCUT2D eigenvalue weighted by Crippen LogP contribution is -2.10. The van der Waals surface area contributed by atoms with Crippen molar-refractivity contribution in [1.29, 1.82) is 0 Å². The molecule has 1 aromatic rings. The normalized spacial score (nSPS) is 10.3. The summed E-state index contributed by atoms with van der Waals surface area (Å²) in [4.78, 5) is 10.7. The van der Waals surface area contributed by atoms with Gasteiger partial charge in [-0.2, -0.15) is 0 Å². The molecule has 0 heterocycles. The number of anilines is 2. The topological polar surface area (TPSA) is 98.6 Å². The zero-order chi connectivity index (χ0) is 11.6. The Morgan fingerprint density at radius 1 is 1.33 bits per heavy atom. The summed E-state index contributed by atoms with van der Waals surface area (Å²) in [6, 6.07) is 2.66. The third-order valence-electron chi connectivity index (χ3n) is 1.75. The first-order valence-electron chi connectivity index (χ1n) is 4.50. The van der Waals surface area contributed by atoms with Gasteiger partial charge in [0.15, 0.2) is 5.75 Å². The number of rotatable bonds is 3. The molecule has 5 heteroatoms. The van der Waals surface area contributed by atoms with E-state index in [9.17, 15) is 4.79 Å². The monoisotopic (exact) mass is 210 g/mol. The summed E-state index contributed by atoms with van der Waals surface area (Å²) in [5, 5.41) is 8.75. The van der Waals surface area contributed by atoms with E-state index in [1.165, 1.54) is 12.1 Å². The molecule has 0 saturated heterocycles. The highest BCUT2D eigenvalue weighted by Gasteiger charge is 2.12. The Balaban J connectivity index is 3.15. The number of hydrogen-bond donors (Lipinski definition) is 3. The molecule has 0 bridgehead atoms. The predicted molar refractivity (Wildman–Crippen MR) is 58.0 cm³/mol. The molecule has 0 aliphatic heterocycles. The number of carbonyl (C=O) groups is 1. The molecule has 0 spiro atoms. The van der Waals surface area contributed by atoms with Crippen molar-refractivity contribution in [3.63, 3.8) is 0 Å². The highest BCUT2D eigenvalue weighted by atomic mass is 16.5. The molecule has 0 fully saturated rings. The fourth-order valence-electron chi connectivity index (χ4n) is 1.17. The van der Waals surface area contributed by atoms with Gasteiger partial charge in [-0.1, -0.05) is 0 Å². The molecule has 0 aromatic heterocycles. The van der Waals surface area contributed by atoms with Crippen molar-refractivity contribution in [3.05, 3.63) is 17.7 Å². The summed E-state index contributed by atoms with van der Waals surface area (Å²) in [6.07, 6.45) is -0.0646. The Kier molecular flexibility index (Phi) is 3.04. The largest absolute Gasteiger partial charge is 0.487 e. The van der Waals surface area contributed by atoms with Crippen molar-refractivity contribution in [2.24, 2.45) is 0 Å². The van der Waals surface area contributed by atoms with Gasteiger partial charge in [0, 0.05) is 0 Å². The maximum atomic E-state index is 10.7. The Bertz CT molecular complexity index is 365. The van der Waals surface area contributed by atoms with E-state index >= 15 is 0 Å². The third kappa shape index (κ3) is 2.52. The fourth-order valence-corrected chi connectivity index (χ4v) is 1.17. The summed E-state index contributed by atoms with van der Waals surface area (Å²) in [6.45, 7) is 3.67. The van der Waals surface area contributed by atoms with E-state index < -0.39 is 5.97 Å². The Hall–Kier alpha value is -1.91. The summed E-state index contributed by atoms with van der Waals surface area (Å²) >= 11 is 0. The van der Waals surface area contributed by atoms with Crippen molar-refractivity contribution in [1.82, 2.24) is 0 Å². The van der Waals surface area contributed by atoms with Crippen LogP contribution in [0.15, 0.2) is 12.1 Å². The van der Waals surface area contributed by atoms with Crippen LogP contribution in [0.3, 0.4) is 0 Å². The van der Waals surface area contributed by atoms with Gasteiger partial charge >= 0.3 is 5.97 Å².